The molecule has 5 aliphatic rings. The second-order valence-corrected chi connectivity index (χ2v) is 11.5. The van der Waals surface area contributed by atoms with E-state index in [2.05, 4.69) is 118 Å². The third-order valence-corrected chi connectivity index (χ3v) is 6.76. The number of aliphatic imine (C=N–C) groups is 2. The molecule has 21 nitrogen and oxygen atoms in total. The Balaban J connectivity index is -0.0000000313. The molecule has 99 heavy (non-hydrogen) atoms. The van der Waals surface area contributed by atoms with Crippen molar-refractivity contribution in [2.24, 2.45) is 9.98 Å². The molecule has 0 radical (unpaired) electrons. The molecule has 0 atom stereocenters. The Bertz CT molecular complexity index is 1150. The predicted molar refractivity (Wildman–Crippen MR) is 465 cm³/mol. The van der Waals surface area contributed by atoms with E-state index < -0.39 is 0 Å². The van der Waals surface area contributed by atoms with Gasteiger partial charge in [0, 0.05) is 31.8 Å². The molecule has 11 heterocycles. The van der Waals surface area contributed by atoms with Gasteiger partial charge in [0.15, 0.2) is 0 Å². The molecule has 0 aromatic carbocycles. The Morgan fingerprint density at radius 3 is 0.929 bits per heavy atom. The Morgan fingerprint density at radius 1 is 0.384 bits per heavy atom. The molecular weight excluding hydrogens is 1300 g/mol. The highest BCUT2D eigenvalue weighted by molar-refractivity contribution is 8.02. The fraction of sp³-hybridized carbons (Fsp3) is 0.733. The third kappa shape index (κ3) is 310. The average Bonchev–Trinajstić information content (AvgIpc) is 4.58. The van der Waals surface area contributed by atoms with Crippen LogP contribution in [0.1, 0.15) is 337 Å². The van der Waals surface area contributed by atoms with E-state index in [9.17, 15) is 0 Å². The van der Waals surface area contributed by atoms with Gasteiger partial charge in [0.2, 0.25) is 12.8 Å². The van der Waals surface area contributed by atoms with Gasteiger partial charge >= 0.3 is 0 Å². The molecule has 6 aromatic rings. The number of rotatable bonds is 0. The summed E-state index contributed by atoms with van der Waals surface area (Å²) in [6, 6.07) is 0. The van der Waals surface area contributed by atoms with Crippen LogP contribution in [0, 0.1) is 0 Å². The zero-order valence-corrected chi connectivity index (χ0v) is 76.6. The van der Waals surface area contributed by atoms with Crippen molar-refractivity contribution >= 4 is 47.2 Å². The van der Waals surface area contributed by atoms with E-state index in [-0.39, 0.29) is 0 Å². The number of aromatic nitrogens is 15. The fourth-order valence-corrected chi connectivity index (χ4v) is 4.01. The molecule has 6 aromatic heterocycles. The lowest BCUT2D eigenvalue weighted by Gasteiger charge is -1.79. The molecule has 0 amide bonds. The summed E-state index contributed by atoms with van der Waals surface area (Å²) in [5.41, 5.74) is 5.04. The number of thioether (sulfide) groups is 1. The summed E-state index contributed by atoms with van der Waals surface area (Å²) < 4.78 is 12.8. The van der Waals surface area contributed by atoms with Crippen LogP contribution in [0.25, 0.3) is 0 Å². The molecule has 604 valence electrons. The van der Waals surface area contributed by atoms with Crippen molar-refractivity contribution in [2.75, 3.05) is 38.5 Å². The van der Waals surface area contributed by atoms with Crippen LogP contribution >= 0.6 is 34.6 Å². The van der Waals surface area contributed by atoms with Crippen LogP contribution in [-0.2, 0) is 4.74 Å². The molecule has 0 saturated heterocycles. The molecule has 0 fully saturated rings. The summed E-state index contributed by atoms with van der Waals surface area (Å²) in [6.07, 6.45) is 33.2. The van der Waals surface area contributed by atoms with E-state index >= 15 is 0 Å². The topological polar surface area (TPSA) is 273 Å². The smallest absolute Gasteiger partial charge is 0.203 e. The predicted octanol–water partition coefficient (Wildman–Crippen LogP) is 26.7. The highest BCUT2D eigenvalue weighted by atomic mass is 32.2. The second-order valence-electron chi connectivity index (χ2n) is 9.13. The van der Waals surface area contributed by atoms with Crippen LogP contribution in [0.3, 0.4) is 0 Å². The van der Waals surface area contributed by atoms with Crippen LogP contribution in [0.5, 0.6) is 0 Å². The molecule has 0 spiro atoms. The lowest BCUT2D eigenvalue weighted by molar-refractivity contribution is 0.281. The van der Waals surface area contributed by atoms with E-state index in [0.717, 1.165) is 39.2 Å². The number of H-pyrrole nitrogens is 3. The molecule has 5 N–H and O–H groups in total. The molecule has 0 unspecified atom stereocenters. The summed E-state index contributed by atoms with van der Waals surface area (Å²) in [7, 11) is 0. The summed E-state index contributed by atoms with van der Waals surface area (Å²) >= 11 is 4.74. The van der Waals surface area contributed by atoms with Gasteiger partial charge in [-0.3, -0.25) is 15.1 Å². The lowest BCUT2D eigenvalue weighted by atomic mass is 10.4. The van der Waals surface area contributed by atoms with Crippen LogP contribution in [0.2, 0.25) is 0 Å². The monoisotopic (exact) mass is 1470 g/mol. The number of nitrogens with one attached hydrogen (secondary N) is 5. The third-order valence-electron chi connectivity index (χ3n) is 5.04. The van der Waals surface area contributed by atoms with Gasteiger partial charge in [-0.25, -0.2) is 9.97 Å². The number of allylic oxidation sites excluding steroid dienone is 1. The zero-order valence-electron chi connectivity index (χ0n) is 74.1. The van der Waals surface area contributed by atoms with Crippen molar-refractivity contribution in [1.82, 2.24) is 86.4 Å². The van der Waals surface area contributed by atoms with Crippen molar-refractivity contribution in [2.45, 2.75) is 337 Å². The van der Waals surface area contributed by atoms with E-state index in [1.807, 2.05) is 335 Å². The lowest BCUT2D eigenvalue weighted by Crippen LogP contribution is -2.04. The Morgan fingerprint density at radius 2 is 0.828 bits per heavy atom. The first-order valence-electron chi connectivity index (χ1n) is 38.6. The molecule has 0 saturated carbocycles. The first-order chi connectivity index (χ1) is 49.5. The van der Waals surface area contributed by atoms with Crippen molar-refractivity contribution in [3.63, 3.8) is 0 Å². The number of nitrogens with zero attached hydrogens (tertiary/aromatic N) is 14. The molecule has 0 bridgehead atoms. The van der Waals surface area contributed by atoms with Gasteiger partial charge in [-0.1, -0.05) is 317 Å². The van der Waals surface area contributed by atoms with Crippen molar-refractivity contribution in [1.29, 1.82) is 0 Å². The quantitative estimate of drug-likeness (QED) is 0.0945. The minimum atomic E-state index is 0.889. The van der Waals surface area contributed by atoms with Crippen LogP contribution in [0.15, 0.2) is 124 Å². The minimum Gasteiger partial charge on any atom is -0.501 e. The maximum atomic E-state index is 4.76. The first kappa shape index (κ1) is 156. The van der Waals surface area contributed by atoms with Gasteiger partial charge in [0.25, 0.3) is 0 Å². The number of ether oxygens (including phenoxy) is 1. The second kappa shape index (κ2) is 317. The Hall–Kier alpha value is -6.01. The van der Waals surface area contributed by atoms with Gasteiger partial charge < -0.3 is 19.8 Å². The van der Waals surface area contributed by atoms with Crippen LogP contribution < -0.4 is 10.6 Å². The number of hydrogen-bond donors (Lipinski definition) is 5. The fourth-order valence-electron chi connectivity index (χ4n) is 2.78. The van der Waals surface area contributed by atoms with Crippen molar-refractivity contribution < 1.29 is 9.15 Å². The summed E-state index contributed by atoms with van der Waals surface area (Å²) in [4.78, 5) is 15.0. The Labute approximate surface area is 633 Å². The molecule has 24 heteroatoms. The van der Waals surface area contributed by atoms with Crippen molar-refractivity contribution in [3.05, 3.63) is 109 Å². The standard InChI is InChI=1S/2C4H7N.C4H6O.C4H6S.C3H6N2.3C2H3N3.C2H2N2O.2C2H2N2S.22C2H6/c4*1-2-4-5-3-1;1-2-5-3-4-1;1-3-2-5-4-1;2*1-2-4-5-3-1;2*1-3-4-2-5-1;1-3-2-5-4-1;22*1-2/h3H,1-2,4H2;1,3,5H,2,4H2;2*1,3H,2,4H2;3H,1-2H2,(H,4,5);3*1-2H,(H,3,4,5);3*1-2H;22*1-2H3. The average molecular weight is 1480 g/mol. The Kier molecular flexibility index (Phi) is 500. The SMILES string of the molecule is C1=CNCC1.C1=COCC1.C1=CSCC1.C1=NCCC1.C1=NCCN1.CC.CC.CC.CC.CC.CC.CC.CC.CC.CC.CC.CC.CC.CC.CC.CC.CC.CC.CC.CC.CC.CC.c1cn[nH]n1.c1cn[nH]n1.c1nc[nH]n1.c1ncsn1.c1nnco1.c1nncs1. The summed E-state index contributed by atoms with van der Waals surface area (Å²) in [6.45, 7) is 93.1. The van der Waals surface area contributed by atoms with Gasteiger partial charge in [-0.15, -0.1) is 43.5 Å². The van der Waals surface area contributed by atoms with Crippen molar-refractivity contribution in [3.8, 4) is 0 Å². The van der Waals surface area contributed by atoms with Gasteiger partial charge in [0.1, 0.15) is 35.5 Å². The van der Waals surface area contributed by atoms with Crippen LogP contribution in [0.4, 0.5) is 0 Å². The molecular formula is C75H179N19O2S3. The van der Waals surface area contributed by atoms with Gasteiger partial charge in [-0.2, -0.15) is 40.3 Å². The van der Waals surface area contributed by atoms with Crippen LogP contribution in [-0.4, -0.2) is 127 Å². The van der Waals surface area contributed by atoms with Gasteiger partial charge in [-0.05, 0) is 61.1 Å². The minimum absolute atomic E-state index is 0.889. The van der Waals surface area contributed by atoms with E-state index in [1.54, 1.807) is 53.9 Å². The maximum Gasteiger partial charge on any atom is 0.203 e. The molecule has 5 aliphatic heterocycles. The van der Waals surface area contributed by atoms with Gasteiger partial charge in [0.05, 0.1) is 50.5 Å². The molecule has 11 rings (SSSR count). The summed E-state index contributed by atoms with van der Waals surface area (Å²) in [5.74, 6) is 1.31. The zero-order chi connectivity index (χ0) is 82.9. The van der Waals surface area contributed by atoms with E-state index in [1.165, 1.54) is 86.1 Å². The van der Waals surface area contributed by atoms with E-state index in [4.69, 9.17) is 4.74 Å². The van der Waals surface area contributed by atoms with E-state index in [0.29, 0.717) is 0 Å². The highest BCUT2D eigenvalue weighted by Crippen LogP contribution is 2.11. The highest BCUT2D eigenvalue weighted by Gasteiger charge is 1.86. The number of hydrogen-bond acceptors (Lipinski definition) is 21. The first-order valence-corrected chi connectivity index (χ1v) is 41.4. The number of aromatic amines is 3. The largest absolute Gasteiger partial charge is 0.501 e. The summed E-state index contributed by atoms with van der Waals surface area (Å²) in [5, 5.41) is 46.4. The molecule has 0 aliphatic carbocycles. The normalized spacial score (nSPS) is 8.77. The maximum absolute atomic E-state index is 4.76.